The molecule has 0 unspecified atom stereocenters. The quantitative estimate of drug-likeness (QED) is 0.723. The molecule has 0 saturated carbocycles. The van der Waals surface area contributed by atoms with Crippen LogP contribution in [0.5, 0.6) is 0 Å². The zero-order chi connectivity index (χ0) is 17.1. The van der Waals surface area contributed by atoms with Crippen LogP contribution in [0, 0.1) is 0 Å². The Bertz CT molecular complexity index is 912. The number of aromatic nitrogens is 2. The summed E-state index contributed by atoms with van der Waals surface area (Å²) in [4.78, 5) is 28.9. The van der Waals surface area contributed by atoms with Gasteiger partial charge in [-0.25, -0.2) is 4.98 Å². The number of rotatable bonds is 5. The predicted octanol–water partition coefficient (Wildman–Crippen LogP) is 2.43. The third-order valence-electron chi connectivity index (χ3n) is 3.96. The van der Waals surface area contributed by atoms with Crippen LogP contribution in [0.25, 0.3) is 11.0 Å². The second-order valence-electron chi connectivity index (χ2n) is 5.59. The lowest BCUT2D eigenvalue weighted by Crippen LogP contribution is -2.26. The van der Waals surface area contributed by atoms with Crippen LogP contribution in [-0.4, -0.2) is 21.4 Å². The van der Waals surface area contributed by atoms with Crippen molar-refractivity contribution < 1.29 is 14.7 Å². The molecule has 0 atom stereocenters. The summed E-state index contributed by atoms with van der Waals surface area (Å²) in [5.74, 6) is -1.11. The van der Waals surface area contributed by atoms with Gasteiger partial charge in [-0.15, -0.1) is 0 Å². The monoisotopic (exact) mass is 321 g/mol. The number of benzene rings is 2. The van der Waals surface area contributed by atoms with Gasteiger partial charge in [-0.2, -0.15) is 0 Å². The number of aryl methyl sites for hydroxylation is 1. The standard InChI is InChI=1S/C19H18N2O3/c1-2-3-12-17-20-15-10-6-7-11-16(15)21(17)18(22)13-8-4-5-9-14(13)19(23)24/h4-11H,2-3,12H2,1H3,(H,23,24)/p-1. The maximum atomic E-state index is 13.1. The molecule has 0 bridgehead atoms. The van der Waals surface area contributed by atoms with Crippen molar-refractivity contribution in [1.82, 2.24) is 9.55 Å². The Kier molecular flexibility index (Phi) is 4.42. The number of hydrogen-bond acceptors (Lipinski definition) is 4. The van der Waals surface area contributed by atoms with Gasteiger partial charge in [0, 0.05) is 17.5 Å². The lowest BCUT2D eigenvalue weighted by Gasteiger charge is -2.12. The number of fused-ring (bicyclic) bond motifs is 1. The highest BCUT2D eigenvalue weighted by Gasteiger charge is 2.20. The van der Waals surface area contributed by atoms with E-state index in [0.717, 1.165) is 18.4 Å². The Hall–Kier alpha value is -2.95. The van der Waals surface area contributed by atoms with Crippen molar-refractivity contribution in [2.24, 2.45) is 0 Å². The van der Waals surface area contributed by atoms with E-state index in [1.807, 2.05) is 24.3 Å². The van der Waals surface area contributed by atoms with Crippen LogP contribution in [0.2, 0.25) is 0 Å². The van der Waals surface area contributed by atoms with Gasteiger partial charge in [0.05, 0.1) is 17.0 Å². The first-order valence-corrected chi connectivity index (χ1v) is 7.95. The number of imidazole rings is 1. The number of unbranched alkanes of at least 4 members (excludes halogenated alkanes) is 1. The van der Waals surface area contributed by atoms with Crippen LogP contribution in [-0.2, 0) is 6.42 Å². The smallest absolute Gasteiger partial charge is 0.264 e. The molecule has 5 heteroatoms. The summed E-state index contributed by atoms with van der Waals surface area (Å²) in [6.45, 7) is 2.07. The van der Waals surface area contributed by atoms with Crippen LogP contribution in [0.4, 0.5) is 0 Å². The van der Waals surface area contributed by atoms with Gasteiger partial charge in [-0.05, 0) is 24.6 Å². The zero-order valence-corrected chi connectivity index (χ0v) is 13.4. The molecule has 1 aromatic heterocycles. The van der Waals surface area contributed by atoms with Crippen LogP contribution < -0.4 is 5.11 Å². The highest BCUT2D eigenvalue weighted by molar-refractivity contribution is 6.08. The summed E-state index contributed by atoms with van der Waals surface area (Å²) in [6.07, 6.45) is 2.54. The van der Waals surface area contributed by atoms with E-state index in [1.165, 1.54) is 16.7 Å². The number of aromatic carboxylic acids is 1. The van der Waals surface area contributed by atoms with E-state index in [2.05, 4.69) is 11.9 Å². The highest BCUT2D eigenvalue weighted by Crippen LogP contribution is 2.20. The molecular formula is C19H17N2O3-. The first-order valence-electron chi connectivity index (χ1n) is 7.95. The van der Waals surface area contributed by atoms with Crippen molar-refractivity contribution >= 4 is 22.9 Å². The Labute approximate surface area is 139 Å². The molecule has 5 nitrogen and oxygen atoms in total. The lowest BCUT2D eigenvalue weighted by molar-refractivity contribution is -0.255. The summed E-state index contributed by atoms with van der Waals surface area (Å²) in [5.41, 5.74) is 1.41. The van der Waals surface area contributed by atoms with Crippen molar-refractivity contribution in [2.45, 2.75) is 26.2 Å². The van der Waals surface area contributed by atoms with Gasteiger partial charge < -0.3 is 9.90 Å². The molecule has 0 aliphatic carbocycles. The number of carbonyl (C=O) groups excluding carboxylic acids is 2. The molecule has 0 radical (unpaired) electrons. The molecule has 0 N–H and O–H groups in total. The lowest BCUT2D eigenvalue weighted by atomic mass is 10.1. The average Bonchev–Trinajstić information content (AvgIpc) is 2.97. The Morgan fingerprint density at radius 1 is 1.04 bits per heavy atom. The molecule has 3 aromatic rings. The van der Waals surface area contributed by atoms with Gasteiger partial charge in [0.2, 0.25) is 0 Å². The minimum atomic E-state index is -1.36. The molecule has 24 heavy (non-hydrogen) atoms. The second kappa shape index (κ2) is 6.66. The van der Waals surface area contributed by atoms with Crippen molar-refractivity contribution in [1.29, 1.82) is 0 Å². The fourth-order valence-corrected chi connectivity index (χ4v) is 2.77. The minimum absolute atomic E-state index is 0.110. The maximum absolute atomic E-state index is 13.1. The van der Waals surface area contributed by atoms with Crippen LogP contribution in [0.1, 0.15) is 46.3 Å². The molecule has 0 amide bonds. The molecule has 0 fully saturated rings. The summed E-state index contributed by atoms with van der Waals surface area (Å²) < 4.78 is 1.52. The fourth-order valence-electron chi connectivity index (χ4n) is 2.77. The Balaban J connectivity index is 2.18. The zero-order valence-electron chi connectivity index (χ0n) is 13.4. The summed E-state index contributed by atoms with van der Waals surface area (Å²) in [5, 5.41) is 11.3. The average molecular weight is 321 g/mol. The minimum Gasteiger partial charge on any atom is -0.545 e. The molecule has 0 spiro atoms. The van der Waals surface area contributed by atoms with E-state index in [1.54, 1.807) is 12.1 Å². The Morgan fingerprint density at radius 3 is 2.42 bits per heavy atom. The predicted molar refractivity (Wildman–Crippen MR) is 88.8 cm³/mol. The second-order valence-corrected chi connectivity index (χ2v) is 5.59. The van der Waals surface area contributed by atoms with E-state index in [0.29, 0.717) is 17.8 Å². The van der Waals surface area contributed by atoms with Gasteiger partial charge in [-0.3, -0.25) is 9.36 Å². The van der Waals surface area contributed by atoms with Gasteiger partial charge in [0.25, 0.3) is 5.91 Å². The molecule has 1 heterocycles. The van der Waals surface area contributed by atoms with E-state index in [9.17, 15) is 14.7 Å². The molecular weight excluding hydrogens is 304 g/mol. The largest absolute Gasteiger partial charge is 0.545 e. The summed E-state index contributed by atoms with van der Waals surface area (Å²) >= 11 is 0. The molecule has 0 saturated heterocycles. The van der Waals surface area contributed by atoms with Crippen LogP contribution >= 0.6 is 0 Å². The number of carboxylic acid groups (broad SMARTS) is 1. The third-order valence-corrected chi connectivity index (χ3v) is 3.96. The summed E-state index contributed by atoms with van der Waals surface area (Å²) in [6, 6.07) is 13.5. The van der Waals surface area contributed by atoms with Gasteiger partial charge in [-0.1, -0.05) is 43.7 Å². The number of nitrogens with zero attached hydrogens (tertiary/aromatic N) is 2. The van der Waals surface area contributed by atoms with Crippen molar-refractivity contribution in [2.75, 3.05) is 0 Å². The van der Waals surface area contributed by atoms with Crippen LogP contribution in [0.3, 0.4) is 0 Å². The molecule has 0 aliphatic heterocycles. The fraction of sp³-hybridized carbons (Fsp3) is 0.211. The highest BCUT2D eigenvalue weighted by atomic mass is 16.4. The SMILES string of the molecule is CCCCc1nc2ccccc2n1C(=O)c1ccccc1C(=O)[O-]. The third kappa shape index (κ3) is 2.80. The van der Waals surface area contributed by atoms with Gasteiger partial charge >= 0.3 is 0 Å². The van der Waals surface area contributed by atoms with E-state index in [-0.39, 0.29) is 11.1 Å². The first kappa shape index (κ1) is 15.9. The van der Waals surface area contributed by atoms with Crippen molar-refractivity contribution in [3.63, 3.8) is 0 Å². The number of carbonyl (C=O) groups is 2. The molecule has 0 aliphatic rings. The number of hydrogen-bond donors (Lipinski definition) is 0. The van der Waals surface area contributed by atoms with Gasteiger partial charge in [0.15, 0.2) is 0 Å². The van der Waals surface area contributed by atoms with E-state index >= 15 is 0 Å². The van der Waals surface area contributed by atoms with Crippen molar-refractivity contribution in [3.8, 4) is 0 Å². The first-order chi connectivity index (χ1) is 11.6. The molecule has 2 aromatic carbocycles. The van der Waals surface area contributed by atoms with Crippen LogP contribution in [0.15, 0.2) is 48.5 Å². The van der Waals surface area contributed by atoms with E-state index in [4.69, 9.17) is 0 Å². The molecule has 3 rings (SSSR count). The normalized spacial score (nSPS) is 10.9. The number of para-hydroxylation sites is 2. The number of carboxylic acids is 1. The summed E-state index contributed by atoms with van der Waals surface area (Å²) in [7, 11) is 0. The molecule has 122 valence electrons. The maximum Gasteiger partial charge on any atom is 0.264 e. The Morgan fingerprint density at radius 2 is 1.71 bits per heavy atom. The van der Waals surface area contributed by atoms with Gasteiger partial charge in [0.1, 0.15) is 5.82 Å². The van der Waals surface area contributed by atoms with Crippen molar-refractivity contribution in [3.05, 3.63) is 65.5 Å². The topological polar surface area (TPSA) is 75.0 Å². The van der Waals surface area contributed by atoms with E-state index < -0.39 is 11.9 Å².